The highest BCUT2D eigenvalue weighted by molar-refractivity contribution is 9.10. The van der Waals surface area contributed by atoms with Crippen molar-refractivity contribution in [3.63, 3.8) is 0 Å². The number of thiophene rings is 1. The van der Waals surface area contributed by atoms with Crippen LogP contribution in [0.25, 0.3) is 0 Å². The van der Waals surface area contributed by atoms with Crippen molar-refractivity contribution in [1.29, 1.82) is 0 Å². The molecule has 0 saturated heterocycles. The van der Waals surface area contributed by atoms with Crippen LogP contribution in [0.3, 0.4) is 0 Å². The second kappa shape index (κ2) is 3.51. The number of alkyl halides is 3. The summed E-state index contributed by atoms with van der Waals surface area (Å²) in [7, 11) is 0. The predicted octanol–water partition coefficient (Wildman–Crippen LogP) is 3.68. The number of hydrogen-bond donors (Lipinski definition) is 0. The van der Waals surface area contributed by atoms with Crippen LogP contribution in [0, 0.1) is 0 Å². The molecular formula is C6H2Br2F2OS. The molecule has 0 saturated carbocycles. The number of carbonyl (C=O) groups is 1. The van der Waals surface area contributed by atoms with Crippen LogP contribution in [0.4, 0.5) is 8.78 Å². The van der Waals surface area contributed by atoms with Crippen molar-refractivity contribution >= 4 is 49.0 Å². The third kappa shape index (κ3) is 2.34. The zero-order valence-corrected chi connectivity index (χ0v) is 9.47. The Bertz CT molecular complexity index is 305. The van der Waals surface area contributed by atoms with E-state index in [-0.39, 0.29) is 4.88 Å². The first-order chi connectivity index (χ1) is 5.41. The van der Waals surface area contributed by atoms with E-state index < -0.39 is 10.6 Å². The van der Waals surface area contributed by atoms with Gasteiger partial charge in [-0.15, -0.1) is 11.3 Å². The van der Waals surface area contributed by atoms with Crippen LogP contribution in [0.15, 0.2) is 15.9 Å². The molecule has 0 radical (unpaired) electrons. The number of ketones is 1. The maximum Gasteiger partial charge on any atom is 0.363 e. The Balaban J connectivity index is 2.93. The van der Waals surface area contributed by atoms with E-state index in [9.17, 15) is 13.6 Å². The average Bonchev–Trinajstić information content (AvgIpc) is 2.32. The van der Waals surface area contributed by atoms with Crippen molar-refractivity contribution < 1.29 is 13.6 Å². The fourth-order valence-corrected chi connectivity index (χ4v) is 2.32. The molecule has 0 aliphatic carbocycles. The normalized spacial score (nSPS) is 11.7. The molecule has 0 aromatic carbocycles. The van der Waals surface area contributed by atoms with Crippen molar-refractivity contribution in [1.82, 2.24) is 0 Å². The summed E-state index contributed by atoms with van der Waals surface area (Å²) in [6.45, 7) is 0. The van der Waals surface area contributed by atoms with Crippen LogP contribution in [-0.4, -0.2) is 10.6 Å². The molecule has 1 nitrogen and oxygen atoms in total. The van der Waals surface area contributed by atoms with Gasteiger partial charge in [0.2, 0.25) is 0 Å². The van der Waals surface area contributed by atoms with Gasteiger partial charge >= 0.3 is 4.83 Å². The van der Waals surface area contributed by atoms with Crippen LogP contribution in [0.1, 0.15) is 9.67 Å². The highest BCUT2D eigenvalue weighted by atomic mass is 79.9. The minimum atomic E-state index is -3.46. The monoisotopic (exact) mass is 318 g/mol. The molecule has 6 heteroatoms. The fraction of sp³-hybridized carbons (Fsp3) is 0.167. The summed E-state index contributed by atoms with van der Waals surface area (Å²) in [6, 6.07) is 1.36. The van der Waals surface area contributed by atoms with Gasteiger partial charge in [-0.25, -0.2) is 0 Å². The van der Waals surface area contributed by atoms with Gasteiger partial charge < -0.3 is 0 Å². The second-order valence-corrected chi connectivity index (χ2v) is 4.78. The zero-order valence-electron chi connectivity index (χ0n) is 5.48. The minimum absolute atomic E-state index is 0.0313. The molecule has 0 fully saturated rings. The average molecular weight is 320 g/mol. The van der Waals surface area contributed by atoms with Gasteiger partial charge in [0, 0.05) is 9.85 Å². The molecule has 1 rings (SSSR count). The quantitative estimate of drug-likeness (QED) is 0.600. The van der Waals surface area contributed by atoms with Crippen molar-refractivity contribution in [2.45, 2.75) is 4.83 Å². The van der Waals surface area contributed by atoms with Gasteiger partial charge in [0.1, 0.15) is 0 Å². The van der Waals surface area contributed by atoms with Gasteiger partial charge in [-0.2, -0.15) is 8.78 Å². The SMILES string of the molecule is O=C(c1cc(Br)cs1)C(F)(F)Br. The number of halogens is 4. The lowest BCUT2D eigenvalue weighted by Crippen LogP contribution is -2.19. The Morgan fingerprint density at radius 1 is 1.58 bits per heavy atom. The summed E-state index contributed by atoms with van der Waals surface area (Å²) < 4.78 is 25.4. The van der Waals surface area contributed by atoms with E-state index in [1.807, 2.05) is 15.9 Å². The molecule has 1 heterocycles. The minimum Gasteiger partial charge on any atom is -0.285 e. The standard InChI is InChI=1S/C6H2Br2F2OS/c7-3-1-4(12-2-3)5(11)6(8,9)10/h1-2H. The third-order valence-electron chi connectivity index (χ3n) is 1.05. The van der Waals surface area contributed by atoms with Crippen molar-refractivity contribution in [2.75, 3.05) is 0 Å². The molecule has 0 amide bonds. The second-order valence-electron chi connectivity index (χ2n) is 1.96. The summed E-state index contributed by atoms with van der Waals surface area (Å²) in [6.07, 6.45) is 0. The Kier molecular flexibility index (Phi) is 3.01. The summed E-state index contributed by atoms with van der Waals surface area (Å²) in [4.78, 5) is 7.44. The van der Waals surface area contributed by atoms with E-state index in [2.05, 4.69) is 15.9 Å². The van der Waals surface area contributed by atoms with Crippen molar-refractivity contribution in [3.8, 4) is 0 Å². The van der Waals surface area contributed by atoms with Gasteiger partial charge in [-0.05, 0) is 37.9 Å². The van der Waals surface area contributed by atoms with E-state index >= 15 is 0 Å². The largest absolute Gasteiger partial charge is 0.363 e. The van der Waals surface area contributed by atoms with E-state index in [1.54, 1.807) is 5.38 Å². The summed E-state index contributed by atoms with van der Waals surface area (Å²) in [5.74, 6) is -1.21. The molecule has 0 unspecified atom stereocenters. The first-order valence-corrected chi connectivity index (χ1v) is 5.23. The smallest absolute Gasteiger partial charge is 0.285 e. The van der Waals surface area contributed by atoms with E-state index in [1.165, 1.54) is 6.07 Å². The molecular weight excluding hydrogens is 318 g/mol. The first kappa shape index (κ1) is 10.3. The van der Waals surface area contributed by atoms with Crippen LogP contribution in [0.2, 0.25) is 0 Å². The molecule has 1 aromatic rings. The maximum absolute atomic E-state index is 12.4. The lowest BCUT2D eigenvalue weighted by atomic mass is 10.3. The topological polar surface area (TPSA) is 17.1 Å². The zero-order chi connectivity index (χ0) is 9.35. The summed E-state index contributed by atoms with van der Waals surface area (Å²) in [5.41, 5.74) is 0. The number of Topliss-reactive ketones (excluding diaryl/α,β-unsaturated/α-hetero) is 1. The molecule has 0 aliphatic heterocycles. The molecule has 0 bridgehead atoms. The van der Waals surface area contributed by atoms with Crippen molar-refractivity contribution in [3.05, 3.63) is 20.8 Å². The highest BCUT2D eigenvalue weighted by Crippen LogP contribution is 2.30. The Labute approximate surface area is 88.0 Å². The molecule has 0 atom stereocenters. The third-order valence-corrected chi connectivity index (χ3v) is 3.10. The predicted molar refractivity (Wildman–Crippen MR) is 50.2 cm³/mol. The van der Waals surface area contributed by atoms with Gasteiger partial charge in [-0.1, -0.05) is 0 Å². The number of hydrogen-bond acceptors (Lipinski definition) is 2. The van der Waals surface area contributed by atoms with Crippen LogP contribution in [0.5, 0.6) is 0 Å². The first-order valence-electron chi connectivity index (χ1n) is 2.77. The maximum atomic E-state index is 12.4. The molecule has 0 spiro atoms. The molecule has 0 N–H and O–H groups in total. The molecule has 1 aromatic heterocycles. The fourth-order valence-electron chi connectivity index (χ4n) is 0.572. The summed E-state index contributed by atoms with van der Waals surface area (Å²) >= 11 is 6.04. The summed E-state index contributed by atoms with van der Waals surface area (Å²) in [5, 5.41) is 1.58. The van der Waals surface area contributed by atoms with Crippen LogP contribution in [-0.2, 0) is 0 Å². The van der Waals surface area contributed by atoms with Crippen LogP contribution >= 0.6 is 43.2 Å². The Morgan fingerprint density at radius 3 is 2.50 bits per heavy atom. The molecule has 12 heavy (non-hydrogen) atoms. The van der Waals surface area contributed by atoms with Gasteiger partial charge in [0.05, 0.1) is 4.88 Å². The van der Waals surface area contributed by atoms with Gasteiger partial charge in [-0.3, -0.25) is 4.79 Å². The lowest BCUT2D eigenvalue weighted by Gasteiger charge is -2.03. The molecule has 0 aliphatic rings. The van der Waals surface area contributed by atoms with E-state index in [0.29, 0.717) is 4.47 Å². The Hall–Kier alpha value is 0.190. The van der Waals surface area contributed by atoms with Gasteiger partial charge in [0.15, 0.2) is 0 Å². The lowest BCUT2D eigenvalue weighted by molar-refractivity contribution is 0.0597. The Morgan fingerprint density at radius 2 is 2.17 bits per heavy atom. The van der Waals surface area contributed by atoms with Crippen molar-refractivity contribution in [2.24, 2.45) is 0 Å². The number of carbonyl (C=O) groups excluding carboxylic acids is 1. The van der Waals surface area contributed by atoms with E-state index in [0.717, 1.165) is 11.3 Å². The van der Waals surface area contributed by atoms with Crippen LogP contribution < -0.4 is 0 Å². The highest BCUT2D eigenvalue weighted by Gasteiger charge is 2.36. The number of rotatable bonds is 2. The van der Waals surface area contributed by atoms with E-state index in [4.69, 9.17) is 0 Å². The van der Waals surface area contributed by atoms with Gasteiger partial charge in [0.25, 0.3) is 5.78 Å². The molecule has 66 valence electrons.